The number of nitriles is 1. The van der Waals surface area contributed by atoms with Crippen LogP contribution in [0.5, 0.6) is 0 Å². The molecule has 0 aliphatic rings. The van der Waals surface area contributed by atoms with Crippen molar-refractivity contribution in [3.05, 3.63) is 33.6 Å². The summed E-state index contributed by atoms with van der Waals surface area (Å²) in [6.07, 6.45) is 0.330. The van der Waals surface area contributed by atoms with Gasteiger partial charge in [0.2, 0.25) is 0 Å². The summed E-state index contributed by atoms with van der Waals surface area (Å²) in [5.74, 6) is -0.856. The van der Waals surface area contributed by atoms with Crippen molar-refractivity contribution >= 4 is 11.4 Å². The molecule has 1 atom stereocenters. The molecule has 0 aliphatic carbocycles. The van der Waals surface area contributed by atoms with Crippen LogP contribution in [0, 0.1) is 27.3 Å². The smallest absolute Gasteiger partial charge is 0.296 e. The number of hydrogen-bond donors (Lipinski definition) is 2. The van der Waals surface area contributed by atoms with Crippen LogP contribution in [-0.4, -0.2) is 22.7 Å². The molecular weight excluding hydrogens is 241 g/mol. The van der Waals surface area contributed by atoms with E-state index in [1.54, 1.807) is 13.0 Å². The monoisotopic (exact) mass is 253 g/mol. The third-order valence-electron chi connectivity index (χ3n) is 2.35. The van der Waals surface area contributed by atoms with Crippen molar-refractivity contribution in [3.8, 4) is 6.07 Å². The molecule has 0 saturated heterocycles. The Morgan fingerprint density at radius 1 is 1.67 bits per heavy atom. The molecule has 0 heterocycles. The van der Waals surface area contributed by atoms with E-state index in [4.69, 9.17) is 10.4 Å². The lowest BCUT2D eigenvalue weighted by molar-refractivity contribution is -0.384. The van der Waals surface area contributed by atoms with Crippen molar-refractivity contribution in [2.45, 2.75) is 19.4 Å². The topological polar surface area (TPSA) is 99.2 Å². The van der Waals surface area contributed by atoms with Gasteiger partial charge in [-0.3, -0.25) is 10.1 Å². The molecular formula is C11H12FN3O3. The van der Waals surface area contributed by atoms with Crippen LogP contribution in [0.1, 0.15) is 18.9 Å². The highest BCUT2D eigenvalue weighted by Gasteiger charge is 2.21. The average molecular weight is 253 g/mol. The Labute approximate surface area is 103 Å². The number of nitro groups is 1. The van der Waals surface area contributed by atoms with Crippen molar-refractivity contribution in [2.75, 3.05) is 11.9 Å². The third-order valence-corrected chi connectivity index (χ3v) is 2.35. The average Bonchev–Trinajstić information content (AvgIpc) is 2.31. The summed E-state index contributed by atoms with van der Waals surface area (Å²) in [5.41, 5.74) is -0.865. The first-order chi connectivity index (χ1) is 8.49. The van der Waals surface area contributed by atoms with Crippen molar-refractivity contribution in [1.82, 2.24) is 0 Å². The van der Waals surface area contributed by atoms with Crippen LogP contribution in [0.15, 0.2) is 12.1 Å². The summed E-state index contributed by atoms with van der Waals surface area (Å²) in [7, 11) is 0. The van der Waals surface area contributed by atoms with Gasteiger partial charge in [0.1, 0.15) is 5.69 Å². The Bertz CT molecular complexity index is 499. The van der Waals surface area contributed by atoms with E-state index in [-0.39, 0.29) is 23.9 Å². The quantitative estimate of drug-likeness (QED) is 0.615. The van der Waals surface area contributed by atoms with E-state index in [9.17, 15) is 14.5 Å². The molecule has 7 heteroatoms. The third kappa shape index (κ3) is 3.15. The molecule has 96 valence electrons. The van der Waals surface area contributed by atoms with E-state index in [0.717, 1.165) is 12.1 Å². The predicted octanol–water partition coefficient (Wildman–Crippen LogP) is 1.79. The van der Waals surface area contributed by atoms with E-state index in [1.807, 2.05) is 0 Å². The summed E-state index contributed by atoms with van der Waals surface area (Å²) in [4.78, 5) is 10.1. The summed E-state index contributed by atoms with van der Waals surface area (Å²) in [5, 5.41) is 30.8. The second-order valence-corrected chi connectivity index (χ2v) is 3.78. The number of aliphatic hydroxyl groups is 1. The Hall–Kier alpha value is -2.20. The van der Waals surface area contributed by atoms with E-state index >= 15 is 0 Å². The summed E-state index contributed by atoms with van der Waals surface area (Å²) in [6, 6.07) is 3.28. The number of aliphatic hydroxyl groups excluding tert-OH is 1. The van der Waals surface area contributed by atoms with Gasteiger partial charge in [0.15, 0.2) is 5.82 Å². The molecule has 0 saturated carbocycles. The molecule has 18 heavy (non-hydrogen) atoms. The predicted molar refractivity (Wildman–Crippen MR) is 62.6 cm³/mol. The number of halogens is 1. The molecule has 0 spiro atoms. The normalized spacial score (nSPS) is 11.7. The Morgan fingerprint density at radius 2 is 2.33 bits per heavy atom. The molecule has 1 aromatic carbocycles. The van der Waals surface area contributed by atoms with Crippen LogP contribution >= 0.6 is 0 Å². The van der Waals surface area contributed by atoms with Gasteiger partial charge < -0.3 is 10.4 Å². The maximum Gasteiger partial charge on any atom is 0.296 e. The fraction of sp³-hybridized carbons (Fsp3) is 0.364. The van der Waals surface area contributed by atoms with Crippen molar-refractivity contribution in [1.29, 1.82) is 5.26 Å². The second kappa shape index (κ2) is 5.93. The molecule has 0 radical (unpaired) electrons. The highest BCUT2D eigenvalue weighted by atomic mass is 19.1. The highest BCUT2D eigenvalue weighted by molar-refractivity contribution is 5.65. The van der Waals surface area contributed by atoms with E-state index < -0.39 is 16.4 Å². The maximum absolute atomic E-state index is 13.7. The zero-order chi connectivity index (χ0) is 13.7. The number of nitrogens with zero attached hydrogens (tertiary/aromatic N) is 2. The van der Waals surface area contributed by atoms with E-state index in [2.05, 4.69) is 5.32 Å². The van der Waals surface area contributed by atoms with Crippen molar-refractivity contribution < 1.29 is 14.4 Å². The van der Waals surface area contributed by atoms with Crippen LogP contribution in [0.25, 0.3) is 0 Å². The van der Waals surface area contributed by atoms with Gasteiger partial charge in [-0.25, -0.2) is 4.39 Å². The fourth-order valence-electron chi connectivity index (χ4n) is 1.46. The number of anilines is 1. The molecule has 0 fully saturated rings. The lowest BCUT2D eigenvalue weighted by Gasteiger charge is -2.14. The fourth-order valence-corrected chi connectivity index (χ4v) is 1.46. The van der Waals surface area contributed by atoms with Gasteiger partial charge in [0, 0.05) is 18.7 Å². The summed E-state index contributed by atoms with van der Waals surface area (Å²) < 4.78 is 13.7. The van der Waals surface area contributed by atoms with Crippen LogP contribution in [0.4, 0.5) is 15.8 Å². The van der Waals surface area contributed by atoms with Crippen molar-refractivity contribution in [2.24, 2.45) is 0 Å². The molecule has 2 N–H and O–H groups in total. The Kier molecular flexibility index (Phi) is 4.57. The molecule has 0 unspecified atom stereocenters. The lowest BCUT2D eigenvalue weighted by atomic mass is 10.1. The molecule has 1 aromatic rings. The molecule has 0 amide bonds. The van der Waals surface area contributed by atoms with Gasteiger partial charge in [-0.15, -0.1) is 0 Å². The SMILES string of the molecule is C[C@@H](CCO)Nc1c(F)cc(C#N)cc1[N+](=O)[O-]. The Morgan fingerprint density at radius 3 is 2.83 bits per heavy atom. The van der Waals surface area contributed by atoms with E-state index in [1.165, 1.54) is 0 Å². The first-order valence-electron chi connectivity index (χ1n) is 5.25. The minimum atomic E-state index is -0.856. The van der Waals surface area contributed by atoms with Crippen LogP contribution in [0.3, 0.4) is 0 Å². The minimum absolute atomic E-state index is 0.111. The molecule has 0 bridgehead atoms. The van der Waals surface area contributed by atoms with Crippen LogP contribution < -0.4 is 5.32 Å². The molecule has 6 nitrogen and oxygen atoms in total. The zero-order valence-electron chi connectivity index (χ0n) is 9.68. The number of nitrogens with one attached hydrogen (secondary N) is 1. The Balaban J connectivity index is 3.17. The van der Waals surface area contributed by atoms with Crippen LogP contribution in [0.2, 0.25) is 0 Å². The van der Waals surface area contributed by atoms with Gasteiger partial charge in [-0.2, -0.15) is 5.26 Å². The van der Waals surface area contributed by atoms with Crippen LogP contribution in [-0.2, 0) is 0 Å². The zero-order valence-corrected chi connectivity index (χ0v) is 9.68. The standard InChI is InChI=1S/C11H12FN3O3/c1-7(2-3-16)14-11-9(12)4-8(6-13)5-10(11)15(17)18/h4-5,7,14,16H,2-3H2,1H3/t7-/m0/s1. The summed E-state index contributed by atoms with van der Waals surface area (Å²) >= 11 is 0. The van der Waals surface area contributed by atoms with Gasteiger partial charge in [-0.05, 0) is 19.4 Å². The van der Waals surface area contributed by atoms with Gasteiger partial charge in [-0.1, -0.05) is 0 Å². The molecule has 0 aliphatic heterocycles. The first kappa shape index (κ1) is 13.9. The van der Waals surface area contributed by atoms with E-state index in [0.29, 0.717) is 6.42 Å². The summed E-state index contributed by atoms with van der Waals surface area (Å²) in [6.45, 7) is 1.55. The van der Waals surface area contributed by atoms with Gasteiger partial charge in [0.25, 0.3) is 5.69 Å². The highest BCUT2D eigenvalue weighted by Crippen LogP contribution is 2.29. The maximum atomic E-state index is 13.7. The largest absolute Gasteiger partial charge is 0.396 e. The molecule has 0 aromatic heterocycles. The second-order valence-electron chi connectivity index (χ2n) is 3.78. The number of nitro benzene ring substituents is 1. The van der Waals surface area contributed by atoms with Crippen molar-refractivity contribution in [3.63, 3.8) is 0 Å². The lowest BCUT2D eigenvalue weighted by Crippen LogP contribution is -2.18. The molecule has 1 rings (SSSR count). The minimum Gasteiger partial charge on any atom is -0.396 e. The number of rotatable bonds is 5. The first-order valence-corrected chi connectivity index (χ1v) is 5.25. The number of hydrogen-bond acceptors (Lipinski definition) is 5. The number of benzene rings is 1. The van der Waals surface area contributed by atoms with Gasteiger partial charge in [0.05, 0.1) is 16.6 Å². The van der Waals surface area contributed by atoms with Gasteiger partial charge >= 0.3 is 0 Å².